The standard InChI is InChI=1S/C24H22Cl2N4O2S/c25-17-4-5-20(21(26)13-17)16-2-1-3-18(12-16)30-15-19(14-22(30)31)28-7-9-29(10-8-28)24(32)23-27-6-11-33-23/h1-6,11-13,19H,7-10,14-15H2. The Morgan fingerprint density at radius 3 is 2.61 bits per heavy atom. The summed E-state index contributed by atoms with van der Waals surface area (Å²) < 4.78 is 0. The molecule has 170 valence electrons. The number of halogens is 2. The molecule has 5 rings (SSSR count). The van der Waals surface area contributed by atoms with Gasteiger partial charge in [-0.25, -0.2) is 4.98 Å². The van der Waals surface area contributed by atoms with Crippen LogP contribution >= 0.6 is 34.5 Å². The maximum atomic E-state index is 12.9. The lowest BCUT2D eigenvalue weighted by Crippen LogP contribution is -2.52. The molecular weight excluding hydrogens is 479 g/mol. The van der Waals surface area contributed by atoms with Crippen molar-refractivity contribution in [2.24, 2.45) is 0 Å². The summed E-state index contributed by atoms with van der Waals surface area (Å²) in [5.41, 5.74) is 2.69. The first-order valence-corrected chi connectivity index (χ1v) is 12.4. The first kappa shape index (κ1) is 22.3. The van der Waals surface area contributed by atoms with Gasteiger partial charge in [0.25, 0.3) is 5.91 Å². The van der Waals surface area contributed by atoms with Gasteiger partial charge in [0.05, 0.1) is 0 Å². The number of hydrogen-bond donors (Lipinski definition) is 0. The van der Waals surface area contributed by atoms with Crippen LogP contribution in [0.2, 0.25) is 10.0 Å². The molecule has 33 heavy (non-hydrogen) atoms. The van der Waals surface area contributed by atoms with Gasteiger partial charge in [-0.3, -0.25) is 14.5 Å². The summed E-state index contributed by atoms with van der Waals surface area (Å²) in [6.07, 6.45) is 2.13. The van der Waals surface area contributed by atoms with E-state index in [0.717, 1.165) is 29.9 Å². The van der Waals surface area contributed by atoms with Crippen molar-refractivity contribution >= 4 is 52.0 Å². The van der Waals surface area contributed by atoms with Crippen LogP contribution in [0.3, 0.4) is 0 Å². The fourth-order valence-electron chi connectivity index (χ4n) is 4.50. The lowest BCUT2D eigenvalue weighted by molar-refractivity contribution is -0.117. The summed E-state index contributed by atoms with van der Waals surface area (Å²) in [5.74, 6) is 0.104. The van der Waals surface area contributed by atoms with Crippen molar-refractivity contribution in [3.8, 4) is 11.1 Å². The summed E-state index contributed by atoms with van der Waals surface area (Å²) in [7, 11) is 0. The molecule has 0 aliphatic carbocycles. The van der Waals surface area contributed by atoms with Crippen LogP contribution in [0, 0.1) is 0 Å². The highest BCUT2D eigenvalue weighted by Crippen LogP contribution is 2.34. The Bertz CT molecular complexity index is 1180. The molecule has 0 N–H and O–H groups in total. The number of anilines is 1. The smallest absolute Gasteiger partial charge is 0.282 e. The highest BCUT2D eigenvalue weighted by Gasteiger charge is 2.36. The van der Waals surface area contributed by atoms with E-state index in [-0.39, 0.29) is 17.9 Å². The van der Waals surface area contributed by atoms with Crippen LogP contribution in [-0.4, -0.2) is 65.4 Å². The van der Waals surface area contributed by atoms with Crippen LogP contribution in [0.1, 0.15) is 16.2 Å². The van der Waals surface area contributed by atoms with Gasteiger partial charge in [-0.1, -0.05) is 41.4 Å². The lowest BCUT2D eigenvalue weighted by atomic mass is 10.0. The minimum Gasteiger partial charge on any atom is -0.334 e. The summed E-state index contributed by atoms with van der Waals surface area (Å²) >= 11 is 13.8. The molecule has 2 saturated heterocycles. The molecule has 0 saturated carbocycles. The topological polar surface area (TPSA) is 56.8 Å². The Hall–Kier alpha value is -2.45. The fraction of sp³-hybridized carbons (Fsp3) is 0.292. The van der Waals surface area contributed by atoms with Gasteiger partial charge >= 0.3 is 0 Å². The molecular formula is C24H22Cl2N4O2S. The van der Waals surface area contributed by atoms with Crippen LogP contribution in [0.5, 0.6) is 0 Å². The van der Waals surface area contributed by atoms with Gasteiger partial charge in [0.1, 0.15) is 0 Å². The Balaban J connectivity index is 1.25. The van der Waals surface area contributed by atoms with Gasteiger partial charge in [-0.05, 0) is 29.8 Å². The second kappa shape index (κ2) is 9.43. The van der Waals surface area contributed by atoms with E-state index in [1.807, 2.05) is 51.6 Å². The van der Waals surface area contributed by atoms with Gasteiger partial charge < -0.3 is 9.80 Å². The summed E-state index contributed by atoms with van der Waals surface area (Å²) in [5, 5.41) is 3.52. The van der Waals surface area contributed by atoms with E-state index in [1.54, 1.807) is 12.3 Å². The van der Waals surface area contributed by atoms with Gasteiger partial charge in [-0.2, -0.15) is 0 Å². The monoisotopic (exact) mass is 500 g/mol. The quantitative estimate of drug-likeness (QED) is 0.521. The summed E-state index contributed by atoms with van der Waals surface area (Å²) in [6, 6.07) is 13.4. The van der Waals surface area contributed by atoms with Crippen molar-refractivity contribution in [1.82, 2.24) is 14.8 Å². The maximum Gasteiger partial charge on any atom is 0.282 e. The number of benzene rings is 2. The van der Waals surface area contributed by atoms with E-state index in [9.17, 15) is 9.59 Å². The SMILES string of the molecule is O=C(c1nccs1)N1CCN(C2CC(=O)N(c3cccc(-c4ccc(Cl)cc4Cl)c3)C2)CC1. The van der Waals surface area contributed by atoms with Gasteiger partial charge in [0.2, 0.25) is 5.91 Å². The second-order valence-corrected chi connectivity index (χ2v) is 9.94. The summed E-state index contributed by atoms with van der Waals surface area (Å²) in [4.78, 5) is 35.6. The maximum absolute atomic E-state index is 12.9. The van der Waals surface area contributed by atoms with Crippen molar-refractivity contribution in [1.29, 1.82) is 0 Å². The lowest BCUT2D eigenvalue weighted by Gasteiger charge is -2.37. The third-order valence-electron chi connectivity index (χ3n) is 6.24. The zero-order valence-corrected chi connectivity index (χ0v) is 20.1. The predicted octanol–water partition coefficient (Wildman–Crippen LogP) is 4.68. The van der Waals surface area contributed by atoms with Crippen LogP contribution in [0.15, 0.2) is 54.0 Å². The minimum absolute atomic E-state index is 0.00792. The number of hydrogen-bond acceptors (Lipinski definition) is 5. The molecule has 2 aromatic carbocycles. The van der Waals surface area contributed by atoms with Crippen molar-refractivity contribution in [2.45, 2.75) is 12.5 Å². The van der Waals surface area contributed by atoms with Crippen molar-refractivity contribution in [3.63, 3.8) is 0 Å². The van der Waals surface area contributed by atoms with E-state index < -0.39 is 0 Å². The molecule has 1 aromatic heterocycles. The molecule has 2 amide bonds. The van der Waals surface area contributed by atoms with E-state index >= 15 is 0 Å². The Kier molecular flexibility index (Phi) is 6.38. The molecule has 3 heterocycles. The number of carbonyl (C=O) groups excluding carboxylic acids is 2. The molecule has 1 unspecified atom stereocenters. The number of amides is 2. The molecule has 2 aliphatic rings. The van der Waals surface area contributed by atoms with E-state index in [2.05, 4.69) is 9.88 Å². The van der Waals surface area contributed by atoms with Crippen LogP contribution in [0.4, 0.5) is 5.69 Å². The zero-order valence-electron chi connectivity index (χ0n) is 17.8. The summed E-state index contributed by atoms with van der Waals surface area (Å²) in [6.45, 7) is 3.44. The Labute approximate surface area is 206 Å². The third-order valence-corrected chi connectivity index (χ3v) is 7.55. The van der Waals surface area contributed by atoms with Gasteiger partial charge in [-0.15, -0.1) is 11.3 Å². The molecule has 0 radical (unpaired) electrons. The van der Waals surface area contributed by atoms with Crippen LogP contribution in [0.25, 0.3) is 11.1 Å². The first-order chi connectivity index (χ1) is 16.0. The third kappa shape index (κ3) is 4.64. The van der Waals surface area contributed by atoms with Gasteiger partial charge in [0.15, 0.2) is 5.01 Å². The van der Waals surface area contributed by atoms with Crippen LogP contribution < -0.4 is 4.90 Å². The number of thiazole rings is 1. The van der Waals surface area contributed by atoms with E-state index in [1.165, 1.54) is 11.3 Å². The predicted molar refractivity (Wildman–Crippen MR) is 132 cm³/mol. The Morgan fingerprint density at radius 2 is 1.88 bits per heavy atom. The minimum atomic E-state index is -0.00792. The molecule has 9 heteroatoms. The van der Waals surface area contributed by atoms with Crippen molar-refractivity contribution in [2.75, 3.05) is 37.6 Å². The molecule has 6 nitrogen and oxygen atoms in total. The molecule has 1 atom stereocenters. The zero-order chi connectivity index (χ0) is 22.9. The molecule has 2 fully saturated rings. The van der Waals surface area contributed by atoms with Crippen LogP contribution in [-0.2, 0) is 4.79 Å². The largest absolute Gasteiger partial charge is 0.334 e. The molecule has 0 spiro atoms. The van der Waals surface area contributed by atoms with Crippen molar-refractivity contribution < 1.29 is 9.59 Å². The highest BCUT2D eigenvalue weighted by molar-refractivity contribution is 7.11. The molecule has 3 aromatic rings. The highest BCUT2D eigenvalue weighted by atomic mass is 35.5. The number of aromatic nitrogens is 1. The van der Waals surface area contributed by atoms with E-state index in [0.29, 0.717) is 41.1 Å². The van der Waals surface area contributed by atoms with E-state index in [4.69, 9.17) is 23.2 Å². The molecule has 0 bridgehead atoms. The number of piperazine rings is 1. The van der Waals surface area contributed by atoms with Crippen molar-refractivity contribution in [3.05, 3.63) is 69.1 Å². The number of rotatable bonds is 4. The van der Waals surface area contributed by atoms with Gasteiger partial charge in [0, 0.05) is 78.1 Å². The second-order valence-electron chi connectivity index (χ2n) is 8.20. The Morgan fingerprint density at radius 1 is 1.06 bits per heavy atom. The first-order valence-electron chi connectivity index (χ1n) is 10.8. The average molecular weight is 501 g/mol. The fourth-order valence-corrected chi connectivity index (χ4v) is 5.62. The normalized spacial score (nSPS) is 19.3. The number of carbonyl (C=O) groups is 2. The average Bonchev–Trinajstić information content (AvgIpc) is 3.49. The molecule has 2 aliphatic heterocycles. The number of nitrogens with zero attached hydrogens (tertiary/aromatic N) is 4.